The fourth-order valence-corrected chi connectivity index (χ4v) is 0.849. The molecule has 0 spiro atoms. The first-order chi connectivity index (χ1) is 5.34. The molecular formula is C7H8FN3. The van der Waals surface area contributed by atoms with Gasteiger partial charge in [-0.1, -0.05) is 0 Å². The van der Waals surface area contributed by atoms with E-state index in [9.17, 15) is 4.39 Å². The molecule has 0 bridgehead atoms. The number of rotatable bonds is 2. The fraction of sp³-hybridized carbons (Fsp3) is 0.429. The summed E-state index contributed by atoms with van der Waals surface area (Å²) in [7, 11) is 0. The highest BCUT2D eigenvalue weighted by atomic mass is 19.1. The van der Waals surface area contributed by atoms with Crippen molar-refractivity contribution in [1.82, 2.24) is 9.97 Å². The minimum atomic E-state index is -0.483. The van der Waals surface area contributed by atoms with Crippen LogP contribution in [0.2, 0.25) is 0 Å². The van der Waals surface area contributed by atoms with Crippen molar-refractivity contribution in [2.24, 2.45) is 0 Å². The molecule has 4 heteroatoms. The van der Waals surface area contributed by atoms with Crippen LogP contribution in [0.1, 0.15) is 12.8 Å². The summed E-state index contributed by atoms with van der Waals surface area (Å²) < 4.78 is 12.4. The quantitative estimate of drug-likeness (QED) is 0.648. The number of aromatic nitrogens is 2. The second kappa shape index (κ2) is 2.45. The van der Waals surface area contributed by atoms with Crippen molar-refractivity contribution < 1.29 is 4.39 Å². The minimum absolute atomic E-state index is 0.483. The highest BCUT2D eigenvalue weighted by Gasteiger charge is 2.21. The lowest BCUT2D eigenvalue weighted by molar-refractivity contribution is 0.580. The van der Waals surface area contributed by atoms with E-state index in [1.807, 2.05) is 0 Å². The molecule has 0 unspecified atom stereocenters. The van der Waals surface area contributed by atoms with Gasteiger partial charge in [-0.15, -0.1) is 0 Å². The summed E-state index contributed by atoms with van der Waals surface area (Å²) in [5.41, 5.74) is 0. The summed E-state index contributed by atoms with van der Waals surface area (Å²) in [6, 6.07) is 1.81. The summed E-state index contributed by atoms with van der Waals surface area (Å²) >= 11 is 0. The van der Waals surface area contributed by atoms with Crippen LogP contribution in [-0.4, -0.2) is 16.0 Å². The van der Waals surface area contributed by atoms with Crippen LogP contribution in [0.15, 0.2) is 12.4 Å². The average Bonchev–Trinajstić information content (AvgIpc) is 2.71. The molecule has 0 saturated heterocycles. The normalized spacial score (nSPS) is 16.5. The highest BCUT2D eigenvalue weighted by molar-refractivity contribution is 5.35. The van der Waals surface area contributed by atoms with E-state index in [2.05, 4.69) is 15.3 Å². The van der Waals surface area contributed by atoms with Gasteiger partial charge in [0.2, 0.25) is 5.95 Å². The van der Waals surface area contributed by atoms with E-state index in [-0.39, 0.29) is 0 Å². The fourth-order valence-electron chi connectivity index (χ4n) is 0.849. The third kappa shape index (κ3) is 1.63. The van der Waals surface area contributed by atoms with Crippen LogP contribution >= 0.6 is 0 Å². The van der Waals surface area contributed by atoms with Gasteiger partial charge in [-0.3, -0.25) is 0 Å². The number of halogens is 1. The lowest BCUT2D eigenvalue weighted by Gasteiger charge is -2.00. The van der Waals surface area contributed by atoms with Crippen LogP contribution in [0.3, 0.4) is 0 Å². The van der Waals surface area contributed by atoms with Gasteiger partial charge in [-0.25, -0.2) is 9.97 Å². The van der Waals surface area contributed by atoms with E-state index >= 15 is 0 Å². The first kappa shape index (κ1) is 6.52. The molecule has 0 aliphatic heterocycles. The van der Waals surface area contributed by atoms with Gasteiger partial charge in [-0.2, -0.15) is 4.39 Å². The van der Waals surface area contributed by atoms with E-state index < -0.39 is 5.95 Å². The van der Waals surface area contributed by atoms with E-state index in [1.54, 1.807) is 0 Å². The molecule has 2 rings (SSSR count). The summed E-state index contributed by atoms with van der Waals surface area (Å²) in [6.07, 6.45) is 3.54. The number of nitrogens with zero attached hydrogens (tertiary/aromatic N) is 2. The zero-order valence-corrected chi connectivity index (χ0v) is 5.92. The van der Waals surface area contributed by atoms with Crippen molar-refractivity contribution in [1.29, 1.82) is 0 Å². The Morgan fingerprint density at radius 3 is 2.91 bits per heavy atom. The molecule has 1 aromatic rings. The Kier molecular flexibility index (Phi) is 1.45. The maximum Gasteiger partial charge on any atom is 0.217 e. The zero-order chi connectivity index (χ0) is 7.68. The second-order valence-corrected chi connectivity index (χ2v) is 2.64. The summed E-state index contributed by atoms with van der Waals surface area (Å²) in [4.78, 5) is 7.21. The monoisotopic (exact) mass is 153 g/mol. The van der Waals surface area contributed by atoms with E-state index in [1.165, 1.54) is 12.4 Å². The molecule has 58 valence electrons. The van der Waals surface area contributed by atoms with Crippen molar-refractivity contribution in [2.75, 3.05) is 5.32 Å². The first-order valence-corrected chi connectivity index (χ1v) is 3.59. The predicted molar refractivity (Wildman–Crippen MR) is 38.6 cm³/mol. The van der Waals surface area contributed by atoms with Gasteiger partial charge >= 0.3 is 0 Å². The Labute approximate surface area is 63.7 Å². The second-order valence-electron chi connectivity index (χ2n) is 2.64. The number of nitrogens with one attached hydrogen (secondary N) is 1. The van der Waals surface area contributed by atoms with Crippen molar-refractivity contribution >= 4 is 5.82 Å². The molecule has 3 nitrogen and oxygen atoms in total. The topological polar surface area (TPSA) is 37.8 Å². The van der Waals surface area contributed by atoms with Crippen molar-refractivity contribution in [2.45, 2.75) is 18.9 Å². The van der Waals surface area contributed by atoms with Crippen molar-refractivity contribution in [3.63, 3.8) is 0 Å². The maximum absolute atomic E-state index is 12.4. The van der Waals surface area contributed by atoms with Gasteiger partial charge in [0.25, 0.3) is 0 Å². The van der Waals surface area contributed by atoms with Crippen LogP contribution in [0.25, 0.3) is 0 Å². The smallest absolute Gasteiger partial charge is 0.217 e. The third-order valence-electron chi connectivity index (χ3n) is 1.56. The average molecular weight is 153 g/mol. The van der Waals surface area contributed by atoms with E-state index in [4.69, 9.17) is 0 Å². The van der Waals surface area contributed by atoms with E-state index in [0.717, 1.165) is 12.8 Å². The standard InChI is InChI=1S/C7H8FN3/c8-6-3-7(10-4-9-6)11-5-1-2-5/h3-5H,1-2H2,(H,9,10,11). The predicted octanol–water partition coefficient (Wildman–Crippen LogP) is 1.19. The first-order valence-electron chi connectivity index (χ1n) is 3.59. The van der Waals surface area contributed by atoms with Gasteiger partial charge in [0.15, 0.2) is 0 Å². The SMILES string of the molecule is Fc1cc(NC2CC2)ncn1. The van der Waals surface area contributed by atoms with Crippen molar-refractivity contribution in [3.05, 3.63) is 18.3 Å². The largest absolute Gasteiger partial charge is 0.367 e. The molecule has 1 heterocycles. The summed E-state index contributed by atoms with van der Waals surface area (Å²) in [6.45, 7) is 0. The molecule has 0 atom stereocenters. The Hall–Kier alpha value is -1.19. The zero-order valence-electron chi connectivity index (χ0n) is 5.92. The van der Waals surface area contributed by atoms with Crippen LogP contribution < -0.4 is 5.32 Å². The Bertz CT molecular complexity index is 260. The maximum atomic E-state index is 12.4. The Morgan fingerprint density at radius 1 is 1.45 bits per heavy atom. The molecule has 1 aliphatic carbocycles. The van der Waals surface area contributed by atoms with Crippen LogP contribution in [0.4, 0.5) is 10.2 Å². The van der Waals surface area contributed by atoms with Gasteiger partial charge in [0.1, 0.15) is 12.1 Å². The summed E-state index contributed by atoms with van der Waals surface area (Å²) in [5.74, 6) is 0.100. The minimum Gasteiger partial charge on any atom is -0.367 e. The number of hydrogen-bond donors (Lipinski definition) is 1. The molecule has 1 saturated carbocycles. The van der Waals surface area contributed by atoms with Gasteiger partial charge < -0.3 is 5.32 Å². The molecule has 1 fully saturated rings. The number of anilines is 1. The Balaban J connectivity index is 2.10. The molecule has 11 heavy (non-hydrogen) atoms. The third-order valence-corrected chi connectivity index (χ3v) is 1.56. The molecule has 0 aromatic carbocycles. The van der Waals surface area contributed by atoms with Gasteiger partial charge in [0, 0.05) is 12.1 Å². The Morgan fingerprint density at radius 2 is 2.27 bits per heavy atom. The molecule has 1 aliphatic rings. The lowest BCUT2D eigenvalue weighted by atomic mass is 10.5. The molecule has 1 aromatic heterocycles. The molecule has 1 N–H and O–H groups in total. The molecule has 0 amide bonds. The molecule has 0 radical (unpaired) electrons. The van der Waals surface area contributed by atoms with Crippen LogP contribution in [-0.2, 0) is 0 Å². The lowest BCUT2D eigenvalue weighted by Crippen LogP contribution is -2.03. The van der Waals surface area contributed by atoms with E-state index in [0.29, 0.717) is 11.9 Å². The van der Waals surface area contributed by atoms with Crippen LogP contribution in [0.5, 0.6) is 0 Å². The van der Waals surface area contributed by atoms with Gasteiger partial charge in [0.05, 0.1) is 0 Å². The highest BCUT2D eigenvalue weighted by Crippen LogP contribution is 2.23. The number of hydrogen-bond acceptors (Lipinski definition) is 3. The summed E-state index contributed by atoms with van der Waals surface area (Å²) in [5, 5.41) is 3.07. The van der Waals surface area contributed by atoms with Gasteiger partial charge in [-0.05, 0) is 12.8 Å². The van der Waals surface area contributed by atoms with Crippen molar-refractivity contribution in [3.8, 4) is 0 Å². The molecular weight excluding hydrogens is 145 g/mol. The van der Waals surface area contributed by atoms with Crippen LogP contribution in [0, 0.1) is 5.95 Å².